The van der Waals surface area contributed by atoms with E-state index in [1.54, 1.807) is 24.1 Å². The molecule has 0 bridgehead atoms. The second kappa shape index (κ2) is 6.70. The fourth-order valence-corrected chi connectivity index (χ4v) is 3.85. The fourth-order valence-electron chi connectivity index (χ4n) is 2.84. The van der Waals surface area contributed by atoms with Crippen molar-refractivity contribution in [1.82, 2.24) is 9.88 Å². The zero-order valence-electron chi connectivity index (χ0n) is 13.5. The second-order valence-electron chi connectivity index (χ2n) is 5.72. The van der Waals surface area contributed by atoms with Crippen molar-refractivity contribution in [2.75, 3.05) is 13.7 Å². The van der Waals surface area contributed by atoms with E-state index < -0.39 is 5.97 Å². The van der Waals surface area contributed by atoms with E-state index in [1.165, 1.54) is 11.3 Å². The molecular weight excluding hydrogens is 328 g/mol. The van der Waals surface area contributed by atoms with Gasteiger partial charge in [-0.2, -0.15) is 0 Å². The second-order valence-corrected chi connectivity index (χ2v) is 6.80. The molecule has 0 atom stereocenters. The Morgan fingerprint density at radius 3 is 2.88 bits per heavy atom. The number of thiazole rings is 1. The van der Waals surface area contributed by atoms with Gasteiger partial charge in [-0.1, -0.05) is 6.07 Å². The van der Waals surface area contributed by atoms with E-state index in [2.05, 4.69) is 4.98 Å². The number of aromatic carboxylic acids is 1. The number of carbonyl (C=O) groups is 2. The van der Waals surface area contributed by atoms with Gasteiger partial charge < -0.3 is 14.7 Å². The standard InChI is InChI=1S/C17H18N2O4S/c1-10-15(24-14(18-10)9-23-2)16(20)19-6-5-11-3-4-12(17(21)22)7-13(11)8-19/h3-4,7H,5-6,8-9H2,1-2H3,(H,21,22). The zero-order chi connectivity index (χ0) is 17.3. The third-order valence-electron chi connectivity index (χ3n) is 4.06. The molecule has 126 valence electrons. The average Bonchev–Trinajstić information content (AvgIpc) is 2.94. The molecule has 1 N–H and O–H groups in total. The third-order valence-corrected chi connectivity index (χ3v) is 5.17. The van der Waals surface area contributed by atoms with Crippen molar-refractivity contribution in [3.8, 4) is 0 Å². The van der Waals surface area contributed by atoms with Gasteiger partial charge in [0, 0.05) is 20.2 Å². The number of ether oxygens (including phenoxy) is 1. The van der Waals surface area contributed by atoms with E-state index in [0.717, 1.165) is 22.6 Å². The Morgan fingerprint density at radius 2 is 2.17 bits per heavy atom. The van der Waals surface area contributed by atoms with Crippen molar-refractivity contribution in [3.63, 3.8) is 0 Å². The van der Waals surface area contributed by atoms with E-state index in [1.807, 2.05) is 13.0 Å². The van der Waals surface area contributed by atoms with Gasteiger partial charge in [0.15, 0.2) is 0 Å². The van der Waals surface area contributed by atoms with Gasteiger partial charge in [-0.25, -0.2) is 9.78 Å². The lowest BCUT2D eigenvalue weighted by atomic mass is 9.97. The van der Waals surface area contributed by atoms with Crippen molar-refractivity contribution in [1.29, 1.82) is 0 Å². The minimum Gasteiger partial charge on any atom is -0.478 e. The molecule has 0 unspecified atom stereocenters. The minimum absolute atomic E-state index is 0.0567. The molecule has 0 saturated carbocycles. The molecule has 0 aliphatic carbocycles. The number of rotatable bonds is 4. The first-order valence-corrected chi connectivity index (χ1v) is 8.41. The fraction of sp³-hybridized carbons (Fsp3) is 0.353. The van der Waals surface area contributed by atoms with Crippen LogP contribution in [-0.2, 0) is 24.3 Å². The third kappa shape index (κ3) is 3.18. The SMILES string of the molecule is COCc1nc(C)c(C(=O)N2CCc3ccc(C(=O)O)cc3C2)s1. The molecule has 1 aliphatic rings. The predicted molar refractivity (Wildman–Crippen MR) is 89.4 cm³/mol. The first-order valence-electron chi connectivity index (χ1n) is 7.59. The van der Waals surface area contributed by atoms with Crippen LogP contribution in [0.2, 0.25) is 0 Å². The van der Waals surface area contributed by atoms with Gasteiger partial charge in [-0.05, 0) is 36.6 Å². The number of nitrogens with zero attached hydrogens (tertiary/aromatic N) is 2. The molecule has 0 fully saturated rings. The van der Waals surface area contributed by atoms with Gasteiger partial charge in [-0.3, -0.25) is 4.79 Å². The van der Waals surface area contributed by atoms with E-state index in [9.17, 15) is 9.59 Å². The molecule has 0 saturated heterocycles. The number of benzene rings is 1. The quantitative estimate of drug-likeness (QED) is 0.920. The summed E-state index contributed by atoms with van der Waals surface area (Å²) in [6.07, 6.45) is 0.726. The summed E-state index contributed by atoms with van der Waals surface area (Å²) in [4.78, 5) is 30.7. The van der Waals surface area contributed by atoms with Crippen LogP contribution in [0.25, 0.3) is 0 Å². The summed E-state index contributed by atoms with van der Waals surface area (Å²) < 4.78 is 5.07. The molecule has 6 nitrogen and oxygen atoms in total. The van der Waals surface area contributed by atoms with Crippen LogP contribution in [0.4, 0.5) is 0 Å². The summed E-state index contributed by atoms with van der Waals surface area (Å²) in [7, 11) is 1.60. The zero-order valence-corrected chi connectivity index (χ0v) is 14.4. The molecule has 7 heteroatoms. The Balaban J connectivity index is 1.83. The number of aromatic nitrogens is 1. The number of amides is 1. The van der Waals surface area contributed by atoms with Crippen LogP contribution in [-0.4, -0.2) is 40.5 Å². The van der Waals surface area contributed by atoms with Gasteiger partial charge in [-0.15, -0.1) is 11.3 Å². The molecule has 3 rings (SSSR count). The lowest BCUT2D eigenvalue weighted by Gasteiger charge is -2.28. The maximum atomic E-state index is 12.8. The normalized spacial score (nSPS) is 13.7. The van der Waals surface area contributed by atoms with Crippen LogP contribution in [0.3, 0.4) is 0 Å². The maximum Gasteiger partial charge on any atom is 0.335 e. The lowest BCUT2D eigenvalue weighted by molar-refractivity contribution is 0.0696. The van der Waals surface area contributed by atoms with Gasteiger partial charge in [0.1, 0.15) is 9.88 Å². The molecular formula is C17H18N2O4S. The van der Waals surface area contributed by atoms with Crippen LogP contribution < -0.4 is 0 Å². The smallest absolute Gasteiger partial charge is 0.335 e. The number of carboxylic acid groups (broad SMARTS) is 1. The van der Waals surface area contributed by atoms with Gasteiger partial charge in [0.2, 0.25) is 0 Å². The van der Waals surface area contributed by atoms with Crippen molar-refractivity contribution in [2.45, 2.75) is 26.5 Å². The molecule has 0 spiro atoms. The van der Waals surface area contributed by atoms with Gasteiger partial charge >= 0.3 is 5.97 Å². The van der Waals surface area contributed by atoms with Crippen LogP contribution in [0.15, 0.2) is 18.2 Å². The summed E-state index contributed by atoms with van der Waals surface area (Å²) in [6, 6.07) is 5.12. The number of hydrogen-bond donors (Lipinski definition) is 1. The highest BCUT2D eigenvalue weighted by Crippen LogP contribution is 2.25. The monoisotopic (exact) mass is 346 g/mol. The Bertz CT molecular complexity index is 800. The maximum absolute atomic E-state index is 12.8. The number of carboxylic acids is 1. The topological polar surface area (TPSA) is 79.7 Å². The van der Waals surface area contributed by atoms with Crippen LogP contribution in [0.1, 0.15) is 41.9 Å². The molecule has 2 heterocycles. The predicted octanol–water partition coefficient (Wildman–Crippen LogP) is 2.49. The Morgan fingerprint density at radius 1 is 1.38 bits per heavy atom. The van der Waals surface area contributed by atoms with Crippen molar-refractivity contribution in [3.05, 3.63) is 50.5 Å². The Hall–Kier alpha value is -2.25. The number of carbonyl (C=O) groups excluding carboxylic acids is 1. The van der Waals surface area contributed by atoms with Crippen molar-refractivity contribution in [2.24, 2.45) is 0 Å². The number of aryl methyl sites for hydroxylation is 1. The van der Waals surface area contributed by atoms with Crippen molar-refractivity contribution < 1.29 is 19.4 Å². The highest BCUT2D eigenvalue weighted by Gasteiger charge is 2.25. The minimum atomic E-state index is -0.955. The molecule has 1 amide bonds. The average molecular weight is 346 g/mol. The molecule has 24 heavy (non-hydrogen) atoms. The van der Waals surface area contributed by atoms with E-state index in [0.29, 0.717) is 30.3 Å². The first-order chi connectivity index (χ1) is 11.5. The van der Waals surface area contributed by atoms with E-state index >= 15 is 0 Å². The first kappa shape index (κ1) is 16.6. The summed E-state index contributed by atoms with van der Waals surface area (Å²) in [5, 5.41) is 9.91. The largest absolute Gasteiger partial charge is 0.478 e. The van der Waals surface area contributed by atoms with E-state index in [4.69, 9.17) is 9.84 Å². The van der Waals surface area contributed by atoms with Crippen LogP contribution in [0, 0.1) is 6.92 Å². The number of hydrogen-bond acceptors (Lipinski definition) is 5. The molecule has 1 aromatic carbocycles. The summed E-state index contributed by atoms with van der Waals surface area (Å²) in [6.45, 7) is 3.26. The Labute approximate surface area is 143 Å². The molecule has 1 aromatic heterocycles. The van der Waals surface area contributed by atoms with E-state index in [-0.39, 0.29) is 11.5 Å². The van der Waals surface area contributed by atoms with Gasteiger partial charge in [0.05, 0.1) is 17.9 Å². The Kier molecular flexibility index (Phi) is 4.64. The van der Waals surface area contributed by atoms with Crippen molar-refractivity contribution >= 4 is 23.2 Å². The van der Waals surface area contributed by atoms with Crippen LogP contribution in [0.5, 0.6) is 0 Å². The molecule has 1 aliphatic heterocycles. The lowest BCUT2D eigenvalue weighted by Crippen LogP contribution is -2.36. The van der Waals surface area contributed by atoms with Gasteiger partial charge in [0.25, 0.3) is 5.91 Å². The number of fused-ring (bicyclic) bond motifs is 1. The summed E-state index contributed by atoms with van der Waals surface area (Å²) >= 11 is 1.35. The molecule has 0 radical (unpaired) electrons. The highest BCUT2D eigenvalue weighted by molar-refractivity contribution is 7.13. The summed E-state index contributed by atoms with van der Waals surface area (Å²) in [5.41, 5.74) is 2.96. The molecule has 2 aromatic rings. The van der Waals surface area contributed by atoms with Crippen LogP contribution >= 0.6 is 11.3 Å². The highest BCUT2D eigenvalue weighted by atomic mass is 32.1. The number of methoxy groups -OCH3 is 1. The summed E-state index contributed by atoms with van der Waals surface area (Å²) in [5.74, 6) is -1.01.